The summed E-state index contributed by atoms with van der Waals surface area (Å²) in [5, 5.41) is 0. The lowest BCUT2D eigenvalue weighted by atomic mass is 9.98. The van der Waals surface area contributed by atoms with Gasteiger partial charge in [-0.1, -0.05) is 84.9 Å². The summed E-state index contributed by atoms with van der Waals surface area (Å²) < 4.78 is 22.5. The van der Waals surface area contributed by atoms with Gasteiger partial charge in [-0.05, 0) is 40.8 Å². The molecule has 0 N–H and O–H groups in total. The Labute approximate surface area is 206 Å². The van der Waals surface area contributed by atoms with Crippen LogP contribution in [0.3, 0.4) is 0 Å². The SMILES string of the molecule is c1ccc(-c2ccc(Cc3ccc(-c4ccccc4OCC4CO4)cc3)cc2)c(OCC2CO2)c1. The van der Waals surface area contributed by atoms with Crippen LogP contribution in [0.25, 0.3) is 22.3 Å². The van der Waals surface area contributed by atoms with Crippen molar-refractivity contribution in [3.8, 4) is 33.8 Å². The zero-order valence-electron chi connectivity index (χ0n) is 19.6. The van der Waals surface area contributed by atoms with E-state index in [1.807, 2.05) is 36.4 Å². The molecule has 4 aromatic rings. The number of epoxide rings is 2. The van der Waals surface area contributed by atoms with E-state index in [2.05, 4.69) is 60.7 Å². The van der Waals surface area contributed by atoms with Crippen LogP contribution in [0.2, 0.25) is 0 Å². The molecule has 2 aliphatic heterocycles. The molecular formula is C31H28O4. The van der Waals surface area contributed by atoms with Gasteiger partial charge in [0.25, 0.3) is 0 Å². The summed E-state index contributed by atoms with van der Waals surface area (Å²) in [5.74, 6) is 1.81. The molecule has 0 spiro atoms. The fourth-order valence-electron chi connectivity index (χ4n) is 4.20. The van der Waals surface area contributed by atoms with Crippen LogP contribution < -0.4 is 9.47 Å². The average molecular weight is 465 g/mol. The monoisotopic (exact) mass is 464 g/mol. The van der Waals surface area contributed by atoms with Crippen molar-refractivity contribution in [2.45, 2.75) is 18.6 Å². The van der Waals surface area contributed by atoms with Crippen LogP contribution in [-0.2, 0) is 15.9 Å². The Bertz CT molecular complexity index is 1170. The van der Waals surface area contributed by atoms with Gasteiger partial charge in [-0.15, -0.1) is 0 Å². The van der Waals surface area contributed by atoms with E-state index in [9.17, 15) is 0 Å². The molecule has 0 radical (unpaired) electrons. The van der Waals surface area contributed by atoms with Crippen molar-refractivity contribution in [1.29, 1.82) is 0 Å². The number of hydrogen-bond donors (Lipinski definition) is 0. The Balaban J connectivity index is 1.13. The molecule has 0 amide bonds. The minimum Gasteiger partial charge on any atom is -0.490 e. The molecule has 2 saturated heterocycles. The smallest absolute Gasteiger partial charge is 0.127 e. The minimum atomic E-state index is 0.246. The fourth-order valence-corrected chi connectivity index (χ4v) is 4.20. The third-order valence-electron chi connectivity index (χ3n) is 6.37. The first kappa shape index (κ1) is 21.9. The molecule has 35 heavy (non-hydrogen) atoms. The Morgan fingerprint density at radius 3 is 1.34 bits per heavy atom. The summed E-state index contributed by atoms with van der Waals surface area (Å²) >= 11 is 0. The number of hydrogen-bond acceptors (Lipinski definition) is 4. The van der Waals surface area contributed by atoms with E-state index in [-0.39, 0.29) is 12.2 Å². The molecule has 2 atom stereocenters. The number of para-hydroxylation sites is 2. The first-order valence-electron chi connectivity index (χ1n) is 12.2. The maximum Gasteiger partial charge on any atom is 0.127 e. The first-order valence-corrected chi connectivity index (χ1v) is 12.2. The van der Waals surface area contributed by atoms with E-state index in [1.54, 1.807) is 0 Å². The Morgan fingerprint density at radius 2 is 0.943 bits per heavy atom. The van der Waals surface area contributed by atoms with Gasteiger partial charge in [-0.3, -0.25) is 0 Å². The molecule has 4 aromatic carbocycles. The lowest BCUT2D eigenvalue weighted by molar-refractivity contribution is 0.264. The molecule has 0 saturated carbocycles. The van der Waals surface area contributed by atoms with Gasteiger partial charge < -0.3 is 18.9 Å². The summed E-state index contributed by atoms with van der Waals surface area (Å²) in [4.78, 5) is 0. The minimum absolute atomic E-state index is 0.246. The molecule has 6 rings (SSSR count). The molecule has 0 aliphatic carbocycles. The Hall–Kier alpha value is -3.60. The quantitative estimate of drug-likeness (QED) is 0.263. The van der Waals surface area contributed by atoms with Crippen LogP contribution >= 0.6 is 0 Å². The van der Waals surface area contributed by atoms with Crippen molar-refractivity contribution in [3.05, 3.63) is 108 Å². The second-order valence-electron chi connectivity index (χ2n) is 9.10. The van der Waals surface area contributed by atoms with Crippen molar-refractivity contribution in [1.82, 2.24) is 0 Å². The summed E-state index contributed by atoms with van der Waals surface area (Å²) in [5.41, 5.74) is 7.09. The van der Waals surface area contributed by atoms with E-state index in [0.717, 1.165) is 53.4 Å². The highest BCUT2D eigenvalue weighted by molar-refractivity contribution is 5.71. The largest absolute Gasteiger partial charge is 0.490 e. The highest BCUT2D eigenvalue weighted by Gasteiger charge is 2.24. The molecule has 2 aliphatic rings. The zero-order valence-corrected chi connectivity index (χ0v) is 19.6. The molecule has 0 aromatic heterocycles. The highest BCUT2D eigenvalue weighted by atomic mass is 16.6. The molecule has 2 fully saturated rings. The van der Waals surface area contributed by atoms with Crippen molar-refractivity contribution >= 4 is 0 Å². The predicted molar refractivity (Wildman–Crippen MR) is 137 cm³/mol. The van der Waals surface area contributed by atoms with Crippen LogP contribution in [0.1, 0.15) is 11.1 Å². The van der Waals surface area contributed by atoms with Gasteiger partial charge in [0.2, 0.25) is 0 Å². The van der Waals surface area contributed by atoms with Gasteiger partial charge in [-0.25, -0.2) is 0 Å². The van der Waals surface area contributed by atoms with Crippen molar-refractivity contribution in [2.24, 2.45) is 0 Å². The van der Waals surface area contributed by atoms with E-state index < -0.39 is 0 Å². The molecule has 0 bridgehead atoms. The summed E-state index contributed by atoms with van der Waals surface area (Å²) in [7, 11) is 0. The maximum atomic E-state index is 5.99. The Kier molecular flexibility index (Phi) is 6.22. The van der Waals surface area contributed by atoms with Crippen LogP contribution in [-0.4, -0.2) is 38.6 Å². The van der Waals surface area contributed by atoms with Gasteiger partial charge in [0.15, 0.2) is 0 Å². The summed E-state index contributed by atoms with van der Waals surface area (Å²) in [6.07, 6.45) is 1.37. The number of benzene rings is 4. The molecule has 2 heterocycles. The van der Waals surface area contributed by atoms with Crippen LogP contribution in [0, 0.1) is 0 Å². The number of ether oxygens (including phenoxy) is 4. The van der Waals surface area contributed by atoms with Gasteiger partial charge in [0.1, 0.15) is 36.9 Å². The fraction of sp³-hybridized carbons (Fsp3) is 0.226. The van der Waals surface area contributed by atoms with Gasteiger partial charge in [0, 0.05) is 11.1 Å². The second kappa shape index (κ2) is 9.95. The summed E-state index contributed by atoms with van der Waals surface area (Å²) in [6, 6.07) is 33.9. The second-order valence-corrected chi connectivity index (χ2v) is 9.10. The van der Waals surface area contributed by atoms with E-state index in [1.165, 1.54) is 11.1 Å². The first-order chi connectivity index (χ1) is 17.3. The van der Waals surface area contributed by atoms with Crippen molar-refractivity contribution in [3.63, 3.8) is 0 Å². The van der Waals surface area contributed by atoms with Crippen LogP contribution in [0.4, 0.5) is 0 Å². The molecule has 4 heteroatoms. The van der Waals surface area contributed by atoms with E-state index in [0.29, 0.717) is 13.2 Å². The van der Waals surface area contributed by atoms with E-state index in [4.69, 9.17) is 18.9 Å². The topological polar surface area (TPSA) is 43.5 Å². The lowest BCUT2D eigenvalue weighted by Crippen LogP contribution is -2.04. The molecule has 2 unspecified atom stereocenters. The highest BCUT2D eigenvalue weighted by Crippen LogP contribution is 2.32. The van der Waals surface area contributed by atoms with Gasteiger partial charge >= 0.3 is 0 Å². The van der Waals surface area contributed by atoms with Crippen molar-refractivity contribution < 1.29 is 18.9 Å². The van der Waals surface area contributed by atoms with Gasteiger partial charge in [-0.2, -0.15) is 0 Å². The molecular weight excluding hydrogens is 436 g/mol. The van der Waals surface area contributed by atoms with Crippen LogP contribution in [0.5, 0.6) is 11.5 Å². The number of rotatable bonds is 10. The predicted octanol–water partition coefficient (Wildman–Crippen LogP) is 6.17. The third kappa shape index (κ3) is 5.56. The summed E-state index contributed by atoms with van der Waals surface area (Å²) in [6.45, 7) is 2.81. The Morgan fingerprint density at radius 1 is 0.543 bits per heavy atom. The average Bonchev–Trinajstić information content (AvgIpc) is 3.83. The van der Waals surface area contributed by atoms with Crippen LogP contribution in [0.15, 0.2) is 97.1 Å². The molecule has 176 valence electrons. The van der Waals surface area contributed by atoms with E-state index >= 15 is 0 Å². The maximum absolute atomic E-state index is 5.99. The molecule has 4 nitrogen and oxygen atoms in total. The zero-order chi connectivity index (χ0) is 23.5. The standard InChI is InChI=1S/C31H28O4/c1-3-7-30(34-20-26-18-32-26)28(5-1)24-13-9-22(10-14-24)17-23-11-15-25(16-12-23)29-6-2-4-8-31(29)35-21-27-19-33-27/h1-16,26-27H,17-21H2. The van der Waals surface area contributed by atoms with Crippen molar-refractivity contribution in [2.75, 3.05) is 26.4 Å². The lowest BCUT2D eigenvalue weighted by Gasteiger charge is -2.12. The third-order valence-corrected chi connectivity index (χ3v) is 6.37. The normalized spacial score (nSPS) is 18.2. The van der Waals surface area contributed by atoms with Gasteiger partial charge in [0.05, 0.1) is 13.2 Å².